The van der Waals surface area contributed by atoms with Gasteiger partial charge >= 0.3 is 0 Å². The van der Waals surface area contributed by atoms with Gasteiger partial charge in [-0.25, -0.2) is 4.99 Å². The molecule has 0 unspecified atom stereocenters. The highest BCUT2D eigenvalue weighted by Gasteiger charge is 2.71. The van der Waals surface area contributed by atoms with Crippen molar-refractivity contribution in [2.75, 3.05) is 0 Å². The molecule has 5 aliphatic rings. The van der Waals surface area contributed by atoms with Gasteiger partial charge in [0.1, 0.15) is 5.47 Å². The van der Waals surface area contributed by atoms with E-state index in [4.69, 9.17) is 0 Å². The molecule has 0 spiro atoms. The molecule has 1 aliphatic heterocycles. The van der Waals surface area contributed by atoms with Crippen LogP contribution in [0.2, 0.25) is 87.1 Å². The number of hydrogen-bond donors (Lipinski definition) is 1. The fraction of sp³-hybridized carbons (Fsp3) is 0.963. The van der Waals surface area contributed by atoms with Gasteiger partial charge in [-0.3, -0.25) is 0 Å². The molecular formula is C27H56NSi5+. The second-order valence-electron chi connectivity index (χ2n) is 17.1. The first-order chi connectivity index (χ1) is 14.8. The van der Waals surface area contributed by atoms with Gasteiger partial charge in [0.15, 0.2) is 13.9 Å². The summed E-state index contributed by atoms with van der Waals surface area (Å²) in [5.74, 6) is 3.05. The van der Waals surface area contributed by atoms with Crippen LogP contribution in [0.5, 0.6) is 0 Å². The van der Waals surface area contributed by atoms with Crippen molar-refractivity contribution in [3.8, 4) is 0 Å². The van der Waals surface area contributed by atoms with Gasteiger partial charge in [-0.2, -0.15) is 0 Å². The van der Waals surface area contributed by atoms with E-state index in [1.165, 1.54) is 32.1 Å². The van der Waals surface area contributed by atoms with Crippen molar-refractivity contribution in [3.05, 3.63) is 0 Å². The first-order valence-corrected chi connectivity index (χ1v) is 29.7. The lowest BCUT2D eigenvalue weighted by Crippen LogP contribution is -2.88. The molecule has 5 fully saturated rings. The number of rotatable bonds is 5. The van der Waals surface area contributed by atoms with Crippen LogP contribution in [0.3, 0.4) is 0 Å². The van der Waals surface area contributed by atoms with Gasteiger partial charge in [0.2, 0.25) is 0 Å². The Kier molecular flexibility index (Phi) is 6.34. The molecule has 6 heteroatoms. The van der Waals surface area contributed by atoms with Gasteiger partial charge in [0.25, 0.3) is 0 Å². The zero-order chi connectivity index (χ0) is 24.9. The molecule has 188 valence electrons. The largest absolute Gasteiger partial charge is 0.203 e. The highest BCUT2D eigenvalue weighted by molar-refractivity contribution is 7.21. The maximum atomic E-state index is 4.54. The molecule has 1 saturated heterocycles. The van der Waals surface area contributed by atoms with E-state index in [0.717, 1.165) is 17.8 Å². The van der Waals surface area contributed by atoms with Crippen LogP contribution in [-0.4, -0.2) is 51.7 Å². The molecule has 5 rings (SSSR count). The lowest BCUT2D eigenvalue weighted by molar-refractivity contribution is -0.568. The summed E-state index contributed by atoms with van der Waals surface area (Å²) in [5, 5.41) is 0. The molecule has 0 amide bonds. The van der Waals surface area contributed by atoms with E-state index in [1.807, 2.05) is 0 Å². The third kappa shape index (κ3) is 3.91. The van der Waals surface area contributed by atoms with Crippen molar-refractivity contribution >= 4 is 46.2 Å². The van der Waals surface area contributed by atoms with Crippen molar-refractivity contribution in [2.24, 2.45) is 17.8 Å². The van der Waals surface area contributed by atoms with E-state index in [0.29, 0.717) is 14.1 Å². The van der Waals surface area contributed by atoms with Crippen LogP contribution < -0.4 is 4.99 Å². The first kappa shape index (κ1) is 26.7. The van der Waals surface area contributed by atoms with Crippen LogP contribution in [0.15, 0.2) is 0 Å². The Balaban J connectivity index is 2.00. The van der Waals surface area contributed by atoms with Crippen molar-refractivity contribution in [2.45, 2.75) is 144 Å². The second kappa shape index (κ2) is 7.83. The highest BCUT2D eigenvalue weighted by atomic mass is 28.5. The van der Waals surface area contributed by atoms with Gasteiger partial charge in [-0.15, -0.1) is 0 Å². The normalized spacial score (nSPS) is 35.6. The second-order valence-corrected chi connectivity index (χ2v) is 44.3. The fourth-order valence-corrected chi connectivity index (χ4v) is 51.5. The Morgan fingerprint density at radius 2 is 0.879 bits per heavy atom. The standard InChI is InChI=1S/C27H55NSi5/c1-30(2,3)26(31(4,5)6)13-14-27(32(7,8)9,33(10,11)12)29(26)21-28-25-18-22-15-23(19-25)17-24(16-22)20-25/h22-24H,13-20H2,1-12H3/p+1. The fourth-order valence-electron chi connectivity index (χ4n) is 10.9. The molecule has 1 nitrogen and oxygen atoms in total. The SMILES string of the molecule is C[Si](C)(C)C1([Si](C)(C)C)CCC([Si](C)(C)C)([Si](C)(C)C)[Si]1=C=[NH+]C12CC3CC(CC(C3)C1)C2. The van der Waals surface area contributed by atoms with Gasteiger partial charge in [-0.1, -0.05) is 91.4 Å². The Morgan fingerprint density at radius 1 is 0.576 bits per heavy atom. The average molecular weight is 535 g/mol. The van der Waals surface area contributed by atoms with Crippen molar-refractivity contribution in [3.63, 3.8) is 0 Å². The lowest BCUT2D eigenvalue weighted by atomic mass is 9.53. The van der Waals surface area contributed by atoms with Crippen LogP contribution in [0.4, 0.5) is 0 Å². The monoisotopic (exact) mass is 534 g/mol. The lowest BCUT2D eigenvalue weighted by Gasteiger charge is -2.55. The van der Waals surface area contributed by atoms with Gasteiger partial charge in [0, 0.05) is 51.6 Å². The molecule has 0 atom stereocenters. The summed E-state index contributed by atoms with van der Waals surface area (Å²) >= 11 is 0. The van der Waals surface area contributed by atoms with Crippen LogP contribution in [0.25, 0.3) is 0 Å². The Hall–Kier alpha value is 0.664. The van der Waals surface area contributed by atoms with Crippen molar-refractivity contribution < 1.29 is 4.99 Å². The molecule has 1 heterocycles. The number of nitrogens with one attached hydrogen (secondary N) is 1. The summed E-state index contributed by atoms with van der Waals surface area (Å²) in [4.78, 5) is 4.35. The van der Waals surface area contributed by atoms with E-state index >= 15 is 0 Å². The zero-order valence-electron chi connectivity index (χ0n) is 24.4. The highest BCUT2D eigenvalue weighted by Crippen LogP contribution is 2.68. The van der Waals surface area contributed by atoms with E-state index in [-0.39, 0.29) is 0 Å². The Bertz CT molecular complexity index is 750. The third-order valence-corrected chi connectivity index (χ3v) is 46.2. The summed E-state index contributed by atoms with van der Waals surface area (Å²) in [6.45, 7) is 33.1. The van der Waals surface area contributed by atoms with Crippen molar-refractivity contribution in [1.29, 1.82) is 0 Å². The molecule has 4 saturated carbocycles. The van der Waals surface area contributed by atoms with Gasteiger partial charge in [-0.05, 0) is 45.6 Å². The van der Waals surface area contributed by atoms with E-state index in [9.17, 15) is 0 Å². The van der Waals surface area contributed by atoms with Crippen molar-refractivity contribution in [1.82, 2.24) is 0 Å². The Morgan fingerprint density at radius 3 is 1.15 bits per heavy atom. The smallest absolute Gasteiger partial charge is 0.169 e. The van der Waals surface area contributed by atoms with E-state index in [2.05, 4.69) is 89.0 Å². The molecule has 4 aliphatic carbocycles. The van der Waals surface area contributed by atoms with Crippen LogP contribution >= 0.6 is 0 Å². The van der Waals surface area contributed by atoms with Crippen LogP contribution in [0.1, 0.15) is 51.4 Å². The minimum atomic E-state index is -1.40. The molecule has 1 N–H and O–H groups in total. The summed E-state index contributed by atoms with van der Waals surface area (Å²) in [6, 6.07) is 0. The zero-order valence-corrected chi connectivity index (χ0v) is 29.4. The van der Waals surface area contributed by atoms with Gasteiger partial charge in [0.05, 0.1) is 0 Å². The minimum Gasteiger partial charge on any atom is -0.203 e. The summed E-state index contributed by atoms with van der Waals surface area (Å²) in [7, 11) is -6.38. The Labute approximate surface area is 212 Å². The molecule has 0 aromatic rings. The molecule has 0 aromatic heterocycles. The molecule has 0 aromatic carbocycles. The maximum absolute atomic E-state index is 4.54. The molecule has 4 bridgehead atoms. The summed E-state index contributed by atoms with van der Waals surface area (Å²) < 4.78 is 1.31. The topological polar surface area (TPSA) is 14.0 Å². The third-order valence-electron chi connectivity index (χ3n) is 11.3. The molecule has 33 heavy (non-hydrogen) atoms. The quantitative estimate of drug-likeness (QED) is 0.294. The van der Waals surface area contributed by atoms with Crippen LogP contribution in [-0.2, 0) is 0 Å². The number of hydrogen-bond acceptors (Lipinski definition) is 0. The molecular weight excluding hydrogens is 479 g/mol. The minimum absolute atomic E-state index is 0.421. The summed E-state index contributed by atoms with van der Waals surface area (Å²) in [6.07, 6.45) is 12.1. The van der Waals surface area contributed by atoms with E-state index in [1.54, 1.807) is 19.3 Å². The van der Waals surface area contributed by atoms with Gasteiger partial charge < -0.3 is 0 Å². The average Bonchev–Trinajstić information content (AvgIpc) is 2.96. The predicted molar refractivity (Wildman–Crippen MR) is 161 cm³/mol. The summed E-state index contributed by atoms with van der Waals surface area (Å²) in [5.41, 5.74) is 4.96. The van der Waals surface area contributed by atoms with E-state index < -0.39 is 40.7 Å². The molecule has 0 radical (unpaired) electrons. The maximum Gasteiger partial charge on any atom is 0.169 e. The first-order valence-electron chi connectivity index (χ1n) is 14.2. The predicted octanol–water partition coefficient (Wildman–Crippen LogP) is 6.80. The van der Waals surface area contributed by atoms with Crippen LogP contribution in [0, 0.1) is 17.8 Å².